The summed E-state index contributed by atoms with van der Waals surface area (Å²) in [7, 11) is 0. The van der Waals surface area contributed by atoms with E-state index in [9.17, 15) is 0 Å². The molecule has 1 nitrogen and oxygen atoms in total. The van der Waals surface area contributed by atoms with E-state index in [1.54, 1.807) is 0 Å². The first kappa shape index (κ1) is 13.8. The van der Waals surface area contributed by atoms with Gasteiger partial charge in [0.15, 0.2) is 0 Å². The van der Waals surface area contributed by atoms with Gasteiger partial charge in [-0.2, -0.15) is 0 Å². The molecule has 0 heterocycles. The Balaban J connectivity index is 2.02. The van der Waals surface area contributed by atoms with Crippen LogP contribution >= 0.6 is 0 Å². The highest BCUT2D eigenvalue weighted by atomic mass is 14.8. The Labute approximate surface area is 102 Å². The summed E-state index contributed by atoms with van der Waals surface area (Å²) in [6.07, 6.45) is 14.7. The van der Waals surface area contributed by atoms with Crippen LogP contribution in [0.4, 0.5) is 0 Å². The lowest BCUT2D eigenvalue weighted by Crippen LogP contribution is -2.20. The maximum Gasteiger partial charge on any atom is -0.00142 e. The average Bonchev–Trinajstić information content (AvgIpc) is 2.51. The molecule has 0 aromatic carbocycles. The van der Waals surface area contributed by atoms with Gasteiger partial charge in [0.05, 0.1) is 0 Å². The summed E-state index contributed by atoms with van der Waals surface area (Å²) in [5, 5.41) is 3.48. The zero-order valence-electron chi connectivity index (χ0n) is 11.2. The average molecular weight is 223 g/mol. The van der Waals surface area contributed by atoms with Crippen LogP contribution in [0.2, 0.25) is 0 Å². The number of rotatable bonds is 6. The minimum Gasteiger partial charge on any atom is -0.316 e. The fourth-order valence-corrected chi connectivity index (χ4v) is 2.37. The minimum atomic E-state index is 0.769. The van der Waals surface area contributed by atoms with E-state index in [2.05, 4.69) is 31.3 Å². The Morgan fingerprint density at radius 1 is 1.12 bits per heavy atom. The van der Waals surface area contributed by atoms with Crippen molar-refractivity contribution < 1.29 is 0 Å². The predicted octanol–water partition coefficient (Wildman–Crippen LogP) is 4.15. The molecule has 0 aromatic rings. The molecule has 1 N–H and O–H groups in total. The van der Waals surface area contributed by atoms with Crippen molar-refractivity contribution in [1.82, 2.24) is 5.32 Å². The lowest BCUT2D eigenvalue weighted by molar-refractivity contribution is 0.548. The van der Waals surface area contributed by atoms with Gasteiger partial charge in [-0.05, 0) is 44.2 Å². The molecule has 0 unspecified atom stereocenters. The first-order valence-electron chi connectivity index (χ1n) is 7.16. The summed E-state index contributed by atoms with van der Waals surface area (Å²) in [6.45, 7) is 6.81. The van der Waals surface area contributed by atoms with Crippen LogP contribution in [0.25, 0.3) is 0 Å². The lowest BCUT2D eigenvalue weighted by Gasteiger charge is -2.08. The molecule has 0 radical (unpaired) electrons. The summed E-state index contributed by atoms with van der Waals surface area (Å²) in [6, 6.07) is 0. The third-order valence-corrected chi connectivity index (χ3v) is 3.35. The molecule has 0 bridgehead atoms. The van der Waals surface area contributed by atoms with Crippen LogP contribution < -0.4 is 5.32 Å². The van der Waals surface area contributed by atoms with Gasteiger partial charge in [-0.15, -0.1) is 0 Å². The van der Waals surface area contributed by atoms with Crippen molar-refractivity contribution in [2.45, 2.75) is 58.8 Å². The van der Waals surface area contributed by atoms with Crippen LogP contribution in [0.3, 0.4) is 0 Å². The van der Waals surface area contributed by atoms with Gasteiger partial charge in [0.25, 0.3) is 0 Å². The fourth-order valence-electron chi connectivity index (χ4n) is 2.37. The molecule has 1 aliphatic carbocycles. The van der Waals surface area contributed by atoms with Crippen molar-refractivity contribution in [3.63, 3.8) is 0 Å². The molecule has 1 heteroatoms. The van der Waals surface area contributed by atoms with Crippen LogP contribution in [-0.4, -0.2) is 13.1 Å². The van der Waals surface area contributed by atoms with Crippen LogP contribution in [0.15, 0.2) is 12.2 Å². The second-order valence-electron chi connectivity index (χ2n) is 5.57. The molecular formula is C15H29N. The summed E-state index contributed by atoms with van der Waals surface area (Å²) in [4.78, 5) is 0. The molecule has 1 aliphatic rings. The highest BCUT2D eigenvalue weighted by Crippen LogP contribution is 2.23. The molecule has 0 aliphatic heterocycles. The molecule has 0 aromatic heterocycles. The summed E-state index contributed by atoms with van der Waals surface area (Å²) in [5.74, 6) is 1.65. The van der Waals surface area contributed by atoms with E-state index < -0.39 is 0 Å². The third-order valence-electron chi connectivity index (χ3n) is 3.35. The normalized spacial score (nSPS) is 19.4. The molecule has 1 saturated carbocycles. The highest BCUT2D eigenvalue weighted by molar-refractivity contribution is 4.89. The number of nitrogens with one attached hydrogen (secondary N) is 1. The smallest absolute Gasteiger partial charge is 0.00142 e. The Morgan fingerprint density at radius 3 is 2.44 bits per heavy atom. The molecule has 0 spiro atoms. The predicted molar refractivity (Wildman–Crippen MR) is 72.7 cm³/mol. The van der Waals surface area contributed by atoms with E-state index in [1.165, 1.54) is 44.9 Å². The number of allylic oxidation sites excluding steroid dienone is 1. The second kappa shape index (κ2) is 8.81. The number of hydrogen-bond acceptors (Lipinski definition) is 1. The Hall–Kier alpha value is -0.300. The van der Waals surface area contributed by atoms with E-state index in [4.69, 9.17) is 0 Å². The van der Waals surface area contributed by atoms with E-state index in [1.807, 2.05) is 0 Å². The van der Waals surface area contributed by atoms with Crippen LogP contribution in [0.1, 0.15) is 58.8 Å². The molecule has 0 atom stereocenters. The van der Waals surface area contributed by atoms with Crippen molar-refractivity contribution in [2.75, 3.05) is 13.1 Å². The maximum atomic E-state index is 3.48. The monoisotopic (exact) mass is 223 g/mol. The van der Waals surface area contributed by atoms with E-state index >= 15 is 0 Å². The molecule has 1 fully saturated rings. The van der Waals surface area contributed by atoms with Gasteiger partial charge in [0.2, 0.25) is 0 Å². The first-order chi connectivity index (χ1) is 7.79. The van der Waals surface area contributed by atoms with Crippen LogP contribution in [-0.2, 0) is 0 Å². The Kier molecular flexibility index (Phi) is 7.58. The summed E-state index contributed by atoms with van der Waals surface area (Å²) in [5.41, 5.74) is 0. The highest BCUT2D eigenvalue weighted by Gasteiger charge is 2.08. The third kappa shape index (κ3) is 7.05. The second-order valence-corrected chi connectivity index (χ2v) is 5.57. The zero-order chi connectivity index (χ0) is 11.6. The van der Waals surface area contributed by atoms with Gasteiger partial charge in [-0.1, -0.05) is 51.7 Å². The Bertz CT molecular complexity index is 176. The topological polar surface area (TPSA) is 12.0 Å². The maximum absolute atomic E-state index is 3.48. The van der Waals surface area contributed by atoms with E-state index in [0.717, 1.165) is 24.9 Å². The van der Waals surface area contributed by atoms with E-state index in [-0.39, 0.29) is 0 Å². The van der Waals surface area contributed by atoms with Gasteiger partial charge < -0.3 is 5.32 Å². The van der Waals surface area contributed by atoms with Crippen molar-refractivity contribution in [1.29, 1.82) is 0 Å². The number of hydrogen-bond donors (Lipinski definition) is 1. The standard InChI is InChI=1S/C15H29N/c1-14(2)13-16-12-8-7-11-15-9-5-3-4-6-10-15/h7,11,14-16H,3-6,8-10,12-13H2,1-2H3/b11-7+. The quantitative estimate of drug-likeness (QED) is 0.405. The van der Waals surface area contributed by atoms with Crippen molar-refractivity contribution in [2.24, 2.45) is 11.8 Å². The minimum absolute atomic E-state index is 0.769. The zero-order valence-corrected chi connectivity index (χ0v) is 11.2. The molecule has 1 rings (SSSR count). The molecule has 0 amide bonds. The SMILES string of the molecule is CC(C)CNCC/C=C/C1CCCCCC1. The van der Waals surface area contributed by atoms with Gasteiger partial charge in [-0.25, -0.2) is 0 Å². The fraction of sp³-hybridized carbons (Fsp3) is 0.867. The van der Waals surface area contributed by atoms with Crippen LogP contribution in [0, 0.1) is 11.8 Å². The van der Waals surface area contributed by atoms with Crippen molar-refractivity contribution >= 4 is 0 Å². The lowest BCUT2D eigenvalue weighted by atomic mass is 10.00. The molecular weight excluding hydrogens is 194 g/mol. The van der Waals surface area contributed by atoms with E-state index in [0.29, 0.717) is 0 Å². The van der Waals surface area contributed by atoms with Gasteiger partial charge in [0.1, 0.15) is 0 Å². The summed E-state index contributed by atoms with van der Waals surface area (Å²) >= 11 is 0. The van der Waals surface area contributed by atoms with Gasteiger partial charge >= 0.3 is 0 Å². The summed E-state index contributed by atoms with van der Waals surface area (Å²) < 4.78 is 0. The Morgan fingerprint density at radius 2 is 1.81 bits per heavy atom. The largest absolute Gasteiger partial charge is 0.316 e. The van der Waals surface area contributed by atoms with Crippen molar-refractivity contribution in [3.8, 4) is 0 Å². The van der Waals surface area contributed by atoms with Gasteiger partial charge in [-0.3, -0.25) is 0 Å². The molecule has 94 valence electrons. The van der Waals surface area contributed by atoms with Crippen LogP contribution in [0.5, 0.6) is 0 Å². The van der Waals surface area contributed by atoms with Gasteiger partial charge in [0, 0.05) is 0 Å². The first-order valence-corrected chi connectivity index (χ1v) is 7.16. The van der Waals surface area contributed by atoms with Crippen molar-refractivity contribution in [3.05, 3.63) is 12.2 Å². The molecule has 16 heavy (non-hydrogen) atoms. The molecule has 0 saturated heterocycles.